The Morgan fingerprint density at radius 1 is 1.35 bits per heavy atom. The van der Waals surface area contributed by atoms with E-state index in [0.29, 0.717) is 0 Å². The second kappa shape index (κ2) is 9.99. The molecule has 2 rings (SSSR count). The smallest absolute Gasteiger partial charge is 0.191 e. The van der Waals surface area contributed by atoms with Crippen LogP contribution in [0, 0.1) is 0 Å². The Kier molecular flexibility index (Phi) is 7.59. The fourth-order valence-electron chi connectivity index (χ4n) is 2.13. The molecule has 6 nitrogen and oxygen atoms in total. The fourth-order valence-corrected chi connectivity index (χ4v) is 2.91. The van der Waals surface area contributed by atoms with Gasteiger partial charge in [-0.3, -0.25) is 9.67 Å². The van der Waals surface area contributed by atoms with Gasteiger partial charge in [0.1, 0.15) is 0 Å². The summed E-state index contributed by atoms with van der Waals surface area (Å²) in [5, 5.41) is 14.2. The molecule has 0 aromatic carbocycles. The van der Waals surface area contributed by atoms with Crippen LogP contribution in [0.2, 0.25) is 0 Å². The van der Waals surface area contributed by atoms with Crippen LogP contribution in [0.25, 0.3) is 0 Å². The van der Waals surface area contributed by atoms with Gasteiger partial charge in [-0.05, 0) is 25.8 Å². The number of hydrogen-bond donors (Lipinski definition) is 2. The summed E-state index contributed by atoms with van der Waals surface area (Å²) >= 11 is 1.74. The molecule has 2 aromatic rings. The molecule has 0 saturated carbocycles. The number of nitrogens with zero attached hydrogens (tertiary/aromatic N) is 4. The number of thiazole rings is 1. The van der Waals surface area contributed by atoms with Gasteiger partial charge in [-0.15, -0.1) is 11.3 Å². The number of nitrogens with one attached hydrogen (secondary N) is 2. The second-order valence-electron chi connectivity index (χ2n) is 5.15. The van der Waals surface area contributed by atoms with Gasteiger partial charge in [-0.25, -0.2) is 4.98 Å². The van der Waals surface area contributed by atoms with E-state index in [-0.39, 0.29) is 0 Å². The third-order valence-corrected chi connectivity index (χ3v) is 4.34. The van der Waals surface area contributed by atoms with Crippen molar-refractivity contribution < 1.29 is 0 Å². The maximum Gasteiger partial charge on any atom is 0.191 e. The highest BCUT2D eigenvalue weighted by atomic mass is 32.1. The molecule has 2 heterocycles. The van der Waals surface area contributed by atoms with Crippen molar-refractivity contribution in [3.63, 3.8) is 0 Å². The Labute approximate surface area is 142 Å². The van der Waals surface area contributed by atoms with E-state index in [2.05, 4.69) is 44.9 Å². The van der Waals surface area contributed by atoms with Crippen molar-refractivity contribution in [3.8, 4) is 0 Å². The predicted molar refractivity (Wildman–Crippen MR) is 96.0 cm³/mol. The van der Waals surface area contributed by atoms with E-state index < -0.39 is 0 Å². The van der Waals surface area contributed by atoms with Gasteiger partial charge >= 0.3 is 0 Å². The molecule has 0 unspecified atom stereocenters. The molecule has 23 heavy (non-hydrogen) atoms. The molecule has 0 saturated heterocycles. The number of aromatic nitrogens is 3. The van der Waals surface area contributed by atoms with Crippen LogP contribution < -0.4 is 10.6 Å². The molecule has 0 radical (unpaired) electrons. The number of aliphatic imine (C=N–C) groups is 1. The quantitative estimate of drug-likeness (QED) is 0.419. The topological polar surface area (TPSA) is 67.1 Å². The SMILES string of the molecule is CCNC(=NCCCn1cccn1)NCCc1csc(CC)n1. The lowest BCUT2D eigenvalue weighted by molar-refractivity contribution is 0.584. The normalized spacial score (nSPS) is 11.7. The lowest BCUT2D eigenvalue weighted by Gasteiger charge is -2.10. The predicted octanol–water partition coefficient (Wildman–Crippen LogP) is 2.09. The van der Waals surface area contributed by atoms with Crippen LogP contribution in [0.3, 0.4) is 0 Å². The minimum Gasteiger partial charge on any atom is -0.357 e. The first-order valence-electron chi connectivity index (χ1n) is 8.24. The highest BCUT2D eigenvalue weighted by Crippen LogP contribution is 2.10. The molecule has 7 heteroatoms. The summed E-state index contributed by atoms with van der Waals surface area (Å²) in [5.74, 6) is 0.874. The van der Waals surface area contributed by atoms with Gasteiger partial charge in [0.05, 0.1) is 10.7 Å². The molecule has 0 fully saturated rings. The van der Waals surface area contributed by atoms with E-state index in [1.54, 1.807) is 17.5 Å². The minimum atomic E-state index is 0.784. The highest BCUT2D eigenvalue weighted by molar-refractivity contribution is 7.09. The molecular weight excluding hydrogens is 308 g/mol. The summed E-state index contributed by atoms with van der Waals surface area (Å²) < 4.78 is 1.93. The van der Waals surface area contributed by atoms with Crippen LogP contribution in [-0.4, -0.2) is 40.4 Å². The summed E-state index contributed by atoms with van der Waals surface area (Å²) in [7, 11) is 0. The zero-order valence-electron chi connectivity index (χ0n) is 14.0. The Hall–Kier alpha value is -1.89. The van der Waals surface area contributed by atoms with Crippen LogP contribution in [0.1, 0.15) is 31.0 Å². The first-order chi connectivity index (χ1) is 11.3. The standard InChI is InChI=1S/C16H26N6S/c1-3-15-21-14(13-23-15)7-10-19-16(17-4-2)18-8-5-11-22-12-6-9-20-22/h6,9,12-13H,3-5,7-8,10-11H2,1-2H3,(H2,17,18,19). The van der Waals surface area contributed by atoms with Crippen molar-refractivity contribution in [2.45, 2.75) is 39.7 Å². The van der Waals surface area contributed by atoms with Crippen molar-refractivity contribution >= 4 is 17.3 Å². The molecular formula is C16H26N6S. The molecule has 2 N–H and O–H groups in total. The van der Waals surface area contributed by atoms with Crippen LogP contribution in [0.4, 0.5) is 0 Å². The maximum atomic E-state index is 4.60. The molecule has 2 aromatic heterocycles. The van der Waals surface area contributed by atoms with Crippen LogP contribution >= 0.6 is 11.3 Å². The van der Waals surface area contributed by atoms with Gasteiger partial charge in [0.15, 0.2) is 5.96 Å². The second-order valence-corrected chi connectivity index (χ2v) is 6.09. The van der Waals surface area contributed by atoms with Crippen LogP contribution in [-0.2, 0) is 19.4 Å². The van der Waals surface area contributed by atoms with E-state index in [1.807, 2.05) is 16.9 Å². The van der Waals surface area contributed by atoms with Gasteiger partial charge in [0.2, 0.25) is 0 Å². The average Bonchev–Trinajstić information content (AvgIpc) is 3.23. The summed E-state index contributed by atoms with van der Waals surface area (Å²) in [6.07, 6.45) is 6.69. The van der Waals surface area contributed by atoms with E-state index in [4.69, 9.17) is 0 Å². The molecule has 0 bridgehead atoms. The van der Waals surface area contributed by atoms with Crippen molar-refractivity contribution in [2.24, 2.45) is 4.99 Å². The minimum absolute atomic E-state index is 0.784. The van der Waals surface area contributed by atoms with Gasteiger partial charge in [0.25, 0.3) is 0 Å². The molecule has 0 spiro atoms. The lowest BCUT2D eigenvalue weighted by Crippen LogP contribution is -2.38. The first kappa shape index (κ1) is 17.5. The Morgan fingerprint density at radius 3 is 2.96 bits per heavy atom. The number of rotatable bonds is 9. The number of guanidine groups is 1. The van der Waals surface area contributed by atoms with E-state index >= 15 is 0 Å². The summed E-state index contributed by atoms with van der Waals surface area (Å²) in [4.78, 5) is 9.18. The zero-order chi connectivity index (χ0) is 16.3. The molecule has 0 atom stereocenters. The molecule has 0 aliphatic heterocycles. The highest BCUT2D eigenvalue weighted by Gasteiger charge is 2.01. The van der Waals surface area contributed by atoms with Crippen LogP contribution in [0.5, 0.6) is 0 Å². The lowest BCUT2D eigenvalue weighted by atomic mass is 10.3. The van der Waals surface area contributed by atoms with Crippen molar-refractivity contribution in [1.29, 1.82) is 0 Å². The fraction of sp³-hybridized carbons (Fsp3) is 0.562. The number of hydrogen-bond acceptors (Lipinski definition) is 4. The van der Waals surface area contributed by atoms with Crippen molar-refractivity contribution in [3.05, 3.63) is 34.5 Å². The Balaban J connectivity index is 1.70. The Morgan fingerprint density at radius 2 is 2.26 bits per heavy atom. The van der Waals surface area contributed by atoms with E-state index in [0.717, 1.165) is 57.1 Å². The maximum absolute atomic E-state index is 4.60. The summed E-state index contributed by atoms with van der Waals surface area (Å²) in [6, 6.07) is 1.94. The Bertz CT molecular complexity index is 575. The zero-order valence-corrected chi connectivity index (χ0v) is 14.8. The monoisotopic (exact) mass is 334 g/mol. The number of aryl methyl sites for hydroxylation is 2. The van der Waals surface area contributed by atoms with Gasteiger partial charge < -0.3 is 10.6 Å². The summed E-state index contributed by atoms with van der Waals surface area (Å²) in [6.45, 7) is 7.61. The van der Waals surface area contributed by atoms with Gasteiger partial charge in [-0.2, -0.15) is 5.10 Å². The van der Waals surface area contributed by atoms with Gasteiger partial charge in [-0.1, -0.05) is 6.92 Å². The van der Waals surface area contributed by atoms with Crippen molar-refractivity contribution in [2.75, 3.05) is 19.6 Å². The third kappa shape index (κ3) is 6.40. The van der Waals surface area contributed by atoms with Crippen LogP contribution in [0.15, 0.2) is 28.8 Å². The van der Waals surface area contributed by atoms with Crippen molar-refractivity contribution in [1.82, 2.24) is 25.4 Å². The molecule has 126 valence electrons. The summed E-state index contributed by atoms with van der Waals surface area (Å²) in [5.41, 5.74) is 1.16. The third-order valence-electron chi connectivity index (χ3n) is 3.29. The largest absolute Gasteiger partial charge is 0.357 e. The average molecular weight is 334 g/mol. The molecule has 0 aliphatic carbocycles. The van der Waals surface area contributed by atoms with Gasteiger partial charge in [0, 0.05) is 50.4 Å². The van der Waals surface area contributed by atoms with E-state index in [9.17, 15) is 0 Å². The molecule has 0 aliphatic rings. The first-order valence-corrected chi connectivity index (χ1v) is 9.12. The molecule has 0 amide bonds. The van der Waals surface area contributed by atoms with E-state index in [1.165, 1.54) is 5.01 Å².